The van der Waals surface area contributed by atoms with Crippen molar-refractivity contribution in [1.82, 2.24) is 4.98 Å². The van der Waals surface area contributed by atoms with Gasteiger partial charge in [0.15, 0.2) is 5.78 Å². The molecule has 5 heteroatoms. The number of halogens is 1. The van der Waals surface area contributed by atoms with E-state index in [0.717, 1.165) is 4.47 Å². The van der Waals surface area contributed by atoms with E-state index in [1.54, 1.807) is 18.3 Å². The van der Waals surface area contributed by atoms with Gasteiger partial charge in [-0.05, 0) is 12.1 Å². The lowest BCUT2D eigenvalue weighted by Gasteiger charge is -1.99. The molecule has 1 heterocycles. The van der Waals surface area contributed by atoms with Crippen LogP contribution in [0.2, 0.25) is 0 Å². The van der Waals surface area contributed by atoms with Crippen LogP contribution >= 0.6 is 27.7 Å². The Kier molecular flexibility index (Phi) is 3.79. The number of ketones is 1. The van der Waals surface area contributed by atoms with Gasteiger partial charge in [0.2, 0.25) is 0 Å². The highest BCUT2D eigenvalue weighted by Crippen LogP contribution is 2.18. The number of nitrogens with zero attached hydrogens (tertiary/aromatic N) is 1. The summed E-state index contributed by atoms with van der Waals surface area (Å²) in [5, 5.41) is 0.517. The molecule has 0 radical (unpaired) electrons. The van der Waals surface area contributed by atoms with Crippen LogP contribution in [-0.2, 0) is 0 Å². The molecule has 2 aromatic rings. The van der Waals surface area contributed by atoms with Crippen LogP contribution in [0.4, 0.5) is 0 Å². The number of thioether (sulfide) groups is 1. The molecule has 0 aliphatic carbocycles. The maximum absolute atomic E-state index is 11.8. The summed E-state index contributed by atoms with van der Waals surface area (Å²) in [5.74, 6) is 0.390. The largest absolute Gasteiger partial charge is 0.440 e. The zero-order valence-corrected chi connectivity index (χ0v) is 10.6. The number of rotatable bonds is 4. The molecule has 0 fully saturated rings. The fourth-order valence-electron chi connectivity index (χ4n) is 1.15. The lowest BCUT2D eigenvalue weighted by atomic mass is 10.2. The number of hydrogen-bond acceptors (Lipinski definition) is 4. The van der Waals surface area contributed by atoms with Crippen LogP contribution in [0.25, 0.3) is 0 Å². The fraction of sp³-hybridized carbons (Fsp3) is 0.0909. The number of benzene rings is 1. The maximum Gasteiger partial charge on any atom is 0.255 e. The SMILES string of the molecule is O=C(CSc1ncco1)c1cccc(Br)c1. The molecule has 82 valence electrons. The number of oxazole rings is 1. The Morgan fingerprint density at radius 3 is 3.06 bits per heavy atom. The lowest BCUT2D eigenvalue weighted by Crippen LogP contribution is -2.01. The molecule has 0 saturated carbocycles. The van der Waals surface area contributed by atoms with Crippen LogP contribution in [0, 0.1) is 0 Å². The molecule has 0 unspecified atom stereocenters. The van der Waals surface area contributed by atoms with Crippen LogP contribution in [0.15, 0.2) is 50.8 Å². The molecule has 0 saturated heterocycles. The van der Waals surface area contributed by atoms with Gasteiger partial charge in [-0.1, -0.05) is 39.8 Å². The van der Waals surface area contributed by atoms with Crippen molar-refractivity contribution in [2.45, 2.75) is 5.22 Å². The first-order chi connectivity index (χ1) is 7.75. The Hall–Kier alpha value is -1.07. The first-order valence-electron chi connectivity index (χ1n) is 4.57. The minimum absolute atomic E-state index is 0.0597. The number of Topliss-reactive ketones (excluding diaryl/α,β-unsaturated/α-hetero) is 1. The molecule has 0 N–H and O–H groups in total. The van der Waals surface area contributed by atoms with Crippen molar-refractivity contribution in [2.75, 3.05) is 5.75 Å². The molecule has 0 aliphatic heterocycles. The summed E-state index contributed by atoms with van der Waals surface area (Å²) < 4.78 is 5.94. The number of carbonyl (C=O) groups is 1. The summed E-state index contributed by atoms with van der Waals surface area (Å²) in [4.78, 5) is 15.7. The topological polar surface area (TPSA) is 43.1 Å². The first-order valence-corrected chi connectivity index (χ1v) is 6.34. The smallest absolute Gasteiger partial charge is 0.255 e. The molecule has 0 aliphatic rings. The fourth-order valence-corrected chi connectivity index (χ4v) is 2.23. The molecule has 0 amide bonds. The zero-order valence-electron chi connectivity index (χ0n) is 8.22. The van der Waals surface area contributed by atoms with Gasteiger partial charge in [-0.15, -0.1) is 0 Å². The molecule has 0 spiro atoms. The van der Waals surface area contributed by atoms with Gasteiger partial charge in [-0.3, -0.25) is 4.79 Å². The van der Waals surface area contributed by atoms with Gasteiger partial charge in [-0.2, -0.15) is 0 Å². The van der Waals surface area contributed by atoms with Gasteiger partial charge in [0, 0.05) is 10.0 Å². The van der Waals surface area contributed by atoms with Crippen molar-refractivity contribution in [1.29, 1.82) is 0 Å². The number of aromatic nitrogens is 1. The van der Waals surface area contributed by atoms with Gasteiger partial charge < -0.3 is 4.42 Å². The molecule has 0 atom stereocenters. The van der Waals surface area contributed by atoms with Gasteiger partial charge in [0.05, 0.1) is 11.9 Å². The van der Waals surface area contributed by atoms with Crippen molar-refractivity contribution in [2.24, 2.45) is 0 Å². The van der Waals surface area contributed by atoms with E-state index in [0.29, 0.717) is 16.5 Å². The molecule has 3 nitrogen and oxygen atoms in total. The van der Waals surface area contributed by atoms with Gasteiger partial charge in [0.25, 0.3) is 5.22 Å². The minimum atomic E-state index is 0.0597. The molecule has 0 bridgehead atoms. The summed E-state index contributed by atoms with van der Waals surface area (Å²) in [5.41, 5.74) is 0.688. The monoisotopic (exact) mass is 297 g/mol. The summed E-state index contributed by atoms with van der Waals surface area (Å²) in [6, 6.07) is 7.33. The summed E-state index contributed by atoms with van der Waals surface area (Å²) >= 11 is 4.62. The average molecular weight is 298 g/mol. The van der Waals surface area contributed by atoms with E-state index in [2.05, 4.69) is 20.9 Å². The van der Waals surface area contributed by atoms with Crippen molar-refractivity contribution < 1.29 is 9.21 Å². The van der Waals surface area contributed by atoms with Crippen LogP contribution in [0.5, 0.6) is 0 Å². The third-order valence-electron chi connectivity index (χ3n) is 1.88. The van der Waals surface area contributed by atoms with Gasteiger partial charge in [-0.25, -0.2) is 4.98 Å². The van der Waals surface area contributed by atoms with Crippen LogP contribution in [-0.4, -0.2) is 16.5 Å². The van der Waals surface area contributed by atoms with Crippen molar-refractivity contribution >= 4 is 33.5 Å². The molecular weight excluding hydrogens is 290 g/mol. The maximum atomic E-state index is 11.8. The van der Waals surface area contributed by atoms with Crippen molar-refractivity contribution in [3.05, 3.63) is 46.8 Å². The highest BCUT2D eigenvalue weighted by atomic mass is 79.9. The molecule has 1 aromatic heterocycles. The second kappa shape index (κ2) is 5.32. The third-order valence-corrected chi connectivity index (χ3v) is 3.23. The van der Waals surface area contributed by atoms with E-state index in [1.165, 1.54) is 18.0 Å². The van der Waals surface area contributed by atoms with E-state index in [9.17, 15) is 4.79 Å². The van der Waals surface area contributed by atoms with Gasteiger partial charge >= 0.3 is 0 Å². The van der Waals surface area contributed by atoms with Crippen LogP contribution in [0.1, 0.15) is 10.4 Å². The van der Waals surface area contributed by atoms with Crippen LogP contribution < -0.4 is 0 Å². The normalized spacial score (nSPS) is 10.3. The zero-order chi connectivity index (χ0) is 11.4. The summed E-state index contributed by atoms with van der Waals surface area (Å²) in [6.07, 6.45) is 3.05. The van der Waals surface area contributed by atoms with Crippen LogP contribution in [0.3, 0.4) is 0 Å². The Balaban J connectivity index is 1.98. The van der Waals surface area contributed by atoms with Crippen molar-refractivity contribution in [3.63, 3.8) is 0 Å². The Labute approximate surface area is 105 Å². The third kappa shape index (κ3) is 2.96. The van der Waals surface area contributed by atoms with E-state index in [1.807, 2.05) is 12.1 Å². The van der Waals surface area contributed by atoms with Gasteiger partial charge in [0.1, 0.15) is 6.26 Å². The van der Waals surface area contributed by atoms with E-state index < -0.39 is 0 Å². The Morgan fingerprint density at radius 2 is 2.38 bits per heavy atom. The minimum Gasteiger partial charge on any atom is -0.440 e. The quantitative estimate of drug-likeness (QED) is 0.641. The molecule has 16 heavy (non-hydrogen) atoms. The molecule has 2 rings (SSSR count). The highest BCUT2D eigenvalue weighted by Gasteiger charge is 2.08. The standard InChI is InChI=1S/C11H8BrNO2S/c12-9-3-1-2-8(6-9)10(14)7-16-11-13-4-5-15-11/h1-6H,7H2. The van der Waals surface area contributed by atoms with E-state index in [4.69, 9.17) is 4.42 Å². The predicted molar refractivity (Wildman–Crippen MR) is 65.7 cm³/mol. The highest BCUT2D eigenvalue weighted by molar-refractivity contribution is 9.10. The number of carbonyl (C=O) groups excluding carboxylic acids is 1. The summed E-state index contributed by atoms with van der Waals surface area (Å²) in [7, 11) is 0. The summed E-state index contributed by atoms with van der Waals surface area (Å²) in [6.45, 7) is 0. The second-order valence-corrected chi connectivity index (χ2v) is 4.86. The first kappa shape index (κ1) is 11.4. The lowest BCUT2D eigenvalue weighted by molar-refractivity contribution is 0.102. The molecular formula is C11H8BrNO2S. The number of hydrogen-bond donors (Lipinski definition) is 0. The van der Waals surface area contributed by atoms with E-state index in [-0.39, 0.29) is 5.78 Å². The Bertz CT molecular complexity index is 484. The average Bonchev–Trinajstić information content (AvgIpc) is 2.78. The van der Waals surface area contributed by atoms with E-state index >= 15 is 0 Å². The Morgan fingerprint density at radius 1 is 1.50 bits per heavy atom. The molecule has 1 aromatic carbocycles. The second-order valence-electron chi connectivity index (χ2n) is 3.02. The predicted octanol–water partition coefficient (Wildman–Crippen LogP) is 3.41. The van der Waals surface area contributed by atoms with Crippen molar-refractivity contribution in [3.8, 4) is 0 Å².